The minimum absolute atomic E-state index is 0.446. The Hall–Kier alpha value is -7.43. The van der Waals surface area contributed by atoms with Gasteiger partial charge in [-0.25, -0.2) is 15.0 Å². The summed E-state index contributed by atoms with van der Waals surface area (Å²) >= 11 is 0. The van der Waals surface area contributed by atoms with Gasteiger partial charge in [-0.15, -0.1) is 0 Å². The summed E-state index contributed by atoms with van der Waals surface area (Å²) in [6, 6.07) is 66.6. The van der Waals surface area contributed by atoms with Crippen LogP contribution in [0.2, 0.25) is 0 Å². The zero-order valence-corrected chi connectivity index (χ0v) is 30.1. The van der Waals surface area contributed by atoms with Gasteiger partial charge in [0.1, 0.15) is 11.2 Å². The summed E-state index contributed by atoms with van der Waals surface area (Å²) in [4.78, 5) is 15.3. The van der Waals surface area contributed by atoms with Crippen LogP contribution in [0, 0.1) is 0 Å². The number of hydrogen-bond acceptors (Lipinski definition) is 4. The minimum Gasteiger partial charge on any atom is -0.455 e. The quantitative estimate of drug-likeness (QED) is 0.182. The molecule has 4 heteroatoms. The third-order valence-corrected chi connectivity index (χ3v) is 11.8. The lowest BCUT2D eigenvalue weighted by Crippen LogP contribution is -2.25. The van der Waals surface area contributed by atoms with E-state index in [-0.39, 0.29) is 0 Å². The van der Waals surface area contributed by atoms with Crippen LogP contribution in [0.3, 0.4) is 0 Å². The molecule has 8 aromatic carbocycles. The lowest BCUT2D eigenvalue weighted by atomic mass is 9.70. The van der Waals surface area contributed by atoms with E-state index in [1.165, 1.54) is 50.1 Å². The number of benzene rings is 8. The standard InChI is InChI=1S/C52H31N3O/c1-3-14-32(15-4-1)33-26-28-35(29-27-33)50-53-49(34-16-5-2-6-17-34)54-51(55-50)40-22-13-21-39-42-30-41-38-20-9-12-25-45(38)52(46(41)31-47(42)56-48(39)40)43-23-10-7-18-36(43)37-19-8-11-24-44(37)52/h1-31H. The predicted octanol–water partition coefficient (Wildman–Crippen LogP) is 12.8. The fourth-order valence-corrected chi connectivity index (χ4v) is 9.34. The van der Waals surface area contributed by atoms with Gasteiger partial charge in [0.25, 0.3) is 0 Å². The van der Waals surface area contributed by atoms with E-state index < -0.39 is 5.41 Å². The van der Waals surface area contributed by atoms with Gasteiger partial charge < -0.3 is 4.42 Å². The Bertz CT molecular complexity index is 3140. The Balaban J connectivity index is 1.07. The Labute approximate surface area is 323 Å². The highest BCUT2D eigenvalue weighted by Gasteiger charge is 2.51. The fraction of sp³-hybridized carbons (Fsp3) is 0.0192. The van der Waals surface area contributed by atoms with Crippen LogP contribution in [0.5, 0.6) is 0 Å². The summed E-state index contributed by atoms with van der Waals surface area (Å²) in [7, 11) is 0. The van der Waals surface area contributed by atoms with Gasteiger partial charge in [0, 0.05) is 21.9 Å². The molecule has 2 aromatic heterocycles. The molecule has 0 radical (unpaired) electrons. The molecule has 1 spiro atoms. The van der Waals surface area contributed by atoms with E-state index in [9.17, 15) is 0 Å². The van der Waals surface area contributed by atoms with Crippen molar-refractivity contribution in [2.75, 3.05) is 0 Å². The van der Waals surface area contributed by atoms with Gasteiger partial charge >= 0.3 is 0 Å². The zero-order valence-electron chi connectivity index (χ0n) is 30.1. The van der Waals surface area contributed by atoms with E-state index in [1.54, 1.807) is 0 Å². The van der Waals surface area contributed by atoms with Gasteiger partial charge in [-0.2, -0.15) is 0 Å². The van der Waals surface area contributed by atoms with Gasteiger partial charge in [0.15, 0.2) is 17.5 Å². The van der Waals surface area contributed by atoms with E-state index in [1.807, 2.05) is 36.4 Å². The molecule has 2 aliphatic rings. The monoisotopic (exact) mass is 713 g/mol. The molecular formula is C52H31N3O. The maximum Gasteiger partial charge on any atom is 0.167 e. The molecule has 0 aliphatic heterocycles. The second-order valence-corrected chi connectivity index (χ2v) is 14.7. The molecule has 0 amide bonds. The molecular weight excluding hydrogens is 683 g/mol. The number of rotatable bonds is 4. The summed E-state index contributed by atoms with van der Waals surface area (Å²) in [6.07, 6.45) is 0. The minimum atomic E-state index is -0.446. The normalized spacial score (nSPS) is 13.1. The molecule has 2 heterocycles. The van der Waals surface area contributed by atoms with Gasteiger partial charge in [-0.05, 0) is 73.8 Å². The van der Waals surface area contributed by atoms with Crippen molar-refractivity contribution < 1.29 is 4.42 Å². The molecule has 2 aliphatic carbocycles. The van der Waals surface area contributed by atoms with Crippen LogP contribution in [0.1, 0.15) is 22.3 Å². The number of nitrogens with zero attached hydrogens (tertiary/aromatic N) is 3. The zero-order chi connectivity index (χ0) is 36.8. The van der Waals surface area contributed by atoms with Crippen LogP contribution in [-0.4, -0.2) is 15.0 Å². The number of fused-ring (bicyclic) bond motifs is 13. The molecule has 0 saturated heterocycles. The first kappa shape index (κ1) is 31.0. The van der Waals surface area contributed by atoms with Gasteiger partial charge in [-0.3, -0.25) is 0 Å². The number of aromatic nitrogens is 3. The Morgan fingerprint density at radius 2 is 0.786 bits per heavy atom. The SMILES string of the molecule is c1ccc(-c2ccc(-c3nc(-c4ccccc4)nc(-c4cccc5c4oc4cc6c(cc45)-c4ccccc4C64c5ccccc5-c5ccccc54)n3)cc2)cc1. The van der Waals surface area contributed by atoms with Crippen molar-refractivity contribution in [1.29, 1.82) is 0 Å². The van der Waals surface area contributed by atoms with Crippen LogP contribution in [0.15, 0.2) is 192 Å². The van der Waals surface area contributed by atoms with Crippen molar-refractivity contribution in [3.8, 4) is 67.5 Å². The molecule has 12 rings (SSSR count). The van der Waals surface area contributed by atoms with E-state index >= 15 is 0 Å². The average Bonchev–Trinajstić information content (AvgIpc) is 3.90. The van der Waals surface area contributed by atoms with Crippen molar-refractivity contribution in [3.63, 3.8) is 0 Å². The summed E-state index contributed by atoms with van der Waals surface area (Å²) < 4.78 is 7.00. The van der Waals surface area contributed by atoms with Crippen LogP contribution < -0.4 is 0 Å². The number of furan rings is 1. The molecule has 10 aromatic rings. The van der Waals surface area contributed by atoms with E-state index in [0.29, 0.717) is 17.5 Å². The second kappa shape index (κ2) is 11.8. The Kier molecular flexibility index (Phi) is 6.52. The summed E-state index contributed by atoms with van der Waals surface area (Å²) in [5.74, 6) is 1.79. The van der Waals surface area contributed by atoms with Crippen LogP contribution in [-0.2, 0) is 5.41 Å². The molecule has 0 atom stereocenters. The molecule has 4 nitrogen and oxygen atoms in total. The fourth-order valence-electron chi connectivity index (χ4n) is 9.34. The number of hydrogen-bond donors (Lipinski definition) is 0. The lowest BCUT2D eigenvalue weighted by molar-refractivity contribution is 0.667. The Morgan fingerprint density at radius 3 is 1.41 bits per heavy atom. The number of para-hydroxylation sites is 1. The van der Waals surface area contributed by atoms with Crippen molar-refractivity contribution in [2.45, 2.75) is 5.41 Å². The first-order chi connectivity index (χ1) is 27.8. The third-order valence-electron chi connectivity index (χ3n) is 11.8. The molecule has 56 heavy (non-hydrogen) atoms. The molecule has 0 unspecified atom stereocenters. The average molecular weight is 714 g/mol. The highest BCUT2D eigenvalue weighted by molar-refractivity contribution is 6.12. The van der Waals surface area contributed by atoms with Crippen molar-refractivity contribution in [1.82, 2.24) is 15.0 Å². The van der Waals surface area contributed by atoms with E-state index in [2.05, 4.69) is 152 Å². The maximum absolute atomic E-state index is 7.00. The summed E-state index contributed by atoms with van der Waals surface area (Å²) in [6.45, 7) is 0. The van der Waals surface area contributed by atoms with Crippen molar-refractivity contribution in [2.24, 2.45) is 0 Å². The maximum atomic E-state index is 7.00. The topological polar surface area (TPSA) is 51.8 Å². The van der Waals surface area contributed by atoms with Gasteiger partial charge in [-0.1, -0.05) is 170 Å². The smallest absolute Gasteiger partial charge is 0.167 e. The molecule has 0 saturated carbocycles. The third kappa shape index (κ3) is 4.32. The summed E-state index contributed by atoms with van der Waals surface area (Å²) in [5, 5.41) is 2.10. The van der Waals surface area contributed by atoms with Crippen LogP contribution in [0.4, 0.5) is 0 Å². The first-order valence-corrected chi connectivity index (χ1v) is 19.0. The summed E-state index contributed by atoms with van der Waals surface area (Å²) in [5.41, 5.74) is 16.4. The largest absolute Gasteiger partial charge is 0.455 e. The van der Waals surface area contributed by atoms with E-state index in [0.717, 1.165) is 44.2 Å². The van der Waals surface area contributed by atoms with Gasteiger partial charge in [0.05, 0.1) is 11.0 Å². The molecule has 0 fully saturated rings. The van der Waals surface area contributed by atoms with E-state index in [4.69, 9.17) is 19.4 Å². The first-order valence-electron chi connectivity index (χ1n) is 19.0. The molecule has 0 N–H and O–H groups in total. The van der Waals surface area contributed by atoms with Crippen molar-refractivity contribution in [3.05, 3.63) is 210 Å². The van der Waals surface area contributed by atoms with Crippen molar-refractivity contribution >= 4 is 21.9 Å². The highest BCUT2D eigenvalue weighted by atomic mass is 16.3. The molecule has 0 bridgehead atoms. The van der Waals surface area contributed by atoms with Crippen LogP contribution in [0.25, 0.3) is 89.5 Å². The Morgan fingerprint density at radius 1 is 0.321 bits per heavy atom. The van der Waals surface area contributed by atoms with Crippen LogP contribution >= 0.6 is 0 Å². The second-order valence-electron chi connectivity index (χ2n) is 14.7. The predicted molar refractivity (Wildman–Crippen MR) is 225 cm³/mol. The molecule has 260 valence electrons. The lowest BCUT2D eigenvalue weighted by Gasteiger charge is -2.30. The van der Waals surface area contributed by atoms with Gasteiger partial charge in [0.2, 0.25) is 0 Å². The highest BCUT2D eigenvalue weighted by Crippen LogP contribution is 2.63.